The smallest absolute Gasteiger partial charge is 0.426 e. The molecule has 1 saturated heterocycles. The monoisotopic (exact) mass is 331 g/mol. The molecule has 8 heteroatoms. The third kappa shape index (κ3) is 3.95. The van der Waals surface area contributed by atoms with Crippen LogP contribution >= 0.6 is 0 Å². The first-order valence-electron chi connectivity index (χ1n) is 6.75. The van der Waals surface area contributed by atoms with Crippen LogP contribution in [0.2, 0.25) is 0 Å². The number of ether oxygens (including phenoxy) is 1. The van der Waals surface area contributed by atoms with Gasteiger partial charge in [0.15, 0.2) is 0 Å². The molecule has 2 rings (SSSR count). The molecule has 0 radical (unpaired) electrons. The molecule has 1 aliphatic heterocycles. The number of nitrogens with zero attached hydrogens (tertiary/aromatic N) is 1. The van der Waals surface area contributed by atoms with Gasteiger partial charge in [-0.25, -0.2) is 9.18 Å². The molecule has 6 nitrogen and oxygen atoms in total. The molecule has 0 aliphatic carbocycles. The van der Waals surface area contributed by atoms with E-state index >= 15 is 0 Å². The highest BCUT2D eigenvalue weighted by molar-refractivity contribution is 7.85. The minimum atomic E-state index is -4.15. The molecular weight excluding hydrogens is 313 g/mol. The van der Waals surface area contributed by atoms with Crippen molar-refractivity contribution in [1.82, 2.24) is 4.31 Å². The Balaban J connectivity index is 2.19. The Morgan fingerprint density at radius 1 is 1.36 bits per heavy atom. The largest absolute Gasteiger partial charge is 0.443 e. The zero-order valence-electron chi connectivity index (χ0n) is 12.6. The molecule has 1 fully saturated rings. The summed E-state index contributed by atoms with van der Waals surface area (Å²) in [5.41, 5.74) is -0.129. The molecule has 1 aromatic carbocycles. The summed E-state index contributed by atoms with van der Waals surface area (Å²) < 4.78 is 47.1. The first-order chi connectivity index (χ1) is 10.1. The maximum absolute atomic E-state index is 12.9. The summed E-state index contributed by atoms with van der Waals surface area (Å²) >= 11 is 0. The molecule has 0 aromatic heterocycles. The Kier molecular flexibility index (Phi) is 4.44. The van der Waals surface area contributed by atoms with Gasteiger partial charge in [0.1, 0.15) is 11.4 Å². The van der Waals surface area contributed by atoms with Crippen LogP contribution in [0, 0.1) is 5.82 Å². The van der Waals surface area contributed by atoms with E-state index in [0.717, 1.165) is 0 Å². The zero-order valence-corrected chi connectivity index (χ0v) is 13.4. The standard InChI is InChI=1S/C14H18FNO5S/c1-14(2,3)21-13(17)16-12(9-20-22(16,18)19)8-10-4-6-11(15)7-5-10/h4-7,12H,8-9H2,1-3H3/t12-/m0/s1. The average molecular weight is 331 g/mol. The van der Waals surface area contributed by atoms with E-state index in [1.165, 1.54) is 24.3 Å². The molecule has 1 amide bonds. The van der Waals surface area contributed by atoms with E-state index < -0.39 is 28.0 Å². The highest BCUT2D eigenvalue weighted by atomic mass is 32.2. The minimum Gasteiger partial charge on any atom is -0.443 e. The molecule has 1 atom stereocenters. The summed E-state index contributed by atoms with van der Waals surface area (Å²) in [5, 5.41) is 0. The van der Waals surface area contributed by atoms with E-state index in [-0.39, 0.29) is 18.8 Å². The van der Waals surface area contributed by atoms with E-state index in [0.29, 0.717) is 9.87 Å². The van der Waals surface area contributed by atoms with Crippen LogP contribution in [0.5, 0.6) is 0 Å². The van der Waals surface area contributed by atoms with Gasteiger partial charge in [-0.05, 0) is 44.9 Å². The van der Waals surface area contributed by atoms with Crippen LogP contribution in [-0.2, 0) is 25.6 Å². The molecule has 1 aliphatic rings. The van der Waals surface area contributed by atoms with E-state index in [1.54, 1.807) is 20.8 Å². The lowest BCUT2D eigenvalue weighted by molar-refractivity contribution is 0.0357. The quantitative estimate of drug-likeness (QED) is 0.831. The van der Waals surface area contributed by atoms with E-state index in [4.69, 9.17) is 8.92 Å². The molecule has 22 heavy (non-hydrogen) atoms. The van der Waals surface area contributed by atoms with Crippen molar-refractivity contribution < 1.29 is 26.5 Å². The normalized spacial score (nSPS) is 20.9. The Morgan fingerprint density at radius 2 is 1.95 bits per heavy atom. The Bertz CT molecular complexity index is 651. The van der Waals surface area contributed by atoms with Gasteiger partial charge in [-0.15, -0.1) is 0 Å². The van der Waals surface area contributed by atoms with Crippen LogP contribution in [0.1, 0.15) is 26.3 Å². The summed E-state index contributed by atoms with van der Waals surface area (Å²) in [4.78, 5) is 12.1. The number of carbonyl (C=O) groups is 1. The van der Waals surface area contributed by atoms with Gasteiger partial charge >= 0.3 is 16.4 Å². The Labute approximate surface area is 129 Å². The number of amides is 1. The lowest BCUT2D eigenvalue weighted by Crippen LogP contribution is -2.43. The van der Waals surface area contributed by atoms with Crippen molar-refractivity contribution in [1.29, 1.82) is 0 Å². The molecule has 0 bridgehead atoms. The number of halogens is 1. The zero-order chi connectivity index (χ0) is 16.5. The third-order valence-electron chi connectivity index (χ3n) is 2.94. The number of hydrogen-bond donors (Lipinski definition) is 0. The molecule has 122 valence electrons. The van der Waals surface area contributed by atoms with E-state index in [1.807, 2.05) is 0 Å². The fourth-order valence-electron chi connectivity index (χ4n) is 2.05. The van der Waals surface area contributed by atoms with Gasteiger partial charge in [-0.3, -0.25) is 4.18 Å². The van der Waals surface area contributed by atoms with Crippen molar-refractivity contribution in [2.24, 2.45) is 0 Å². The van der Waals surface area contributed by atoms with Gasteiger partial charge in [0.25, 0.3) is 0 Å². The van der Waals surface area contributed by atoms with Crippen molar-refractivity contribution in [2.75, 3.05) is 6.61 Å². The number of carbonyl (C=O) groups excluding carboxylic acids is 1. The first-order valence-corrected chi connectivity index (χ1v) is 8.11. The van der Waals surface area contributed by atoms with Gasteiger partial charge in [-0.2, -0.15) is 12.7 Å². The maximum Gasteiger partial charge on any atom is 0.426 e. The second kappa shape index (κ2) is 5.85. The molecule has 1 aromatic rings. The summed E-state index contributed by atoms with van der Waals surface area (Å²) in [7, 11) is -4.15. The predicted molar refractivity (Wildman–Crippen MR) is 76.8 cm³/mol. The van der Waals surface area contributed by atoms with Crippen LogP contribution in [0.25, 0.3) is 0 Å². The SMILES string of the molecule is CC(C)(C)OC(=O)N1[C@@H](Cc2ccc(F)cc2)COS1(=O)=O. The van der Waals surface area contributed by atoms with Gasteiger partial charge < -0.3 is 4.74 Å². The topological polar surface area (TPSA) is 72.9 Å². The molecule has 0 spiro atoms. The van der Waals surface area contributed by atoms with Crippen LogP contribution < -0.4 is 0 Å². The highest BCUT2D eigenvalue weighted by Crippen LogP contribution is 2.25. The van der Waals surface area contributed by atoms with E-state index in [9.17, 15) is 17.6 Å². The maximum atomic E-state index is 12.9. The average Bonchev–Trinajstić information content (AvgIpc) is 2.65. The van der Waals surface area contributed by atoms with Gasteiger partial charge in [0, 0.05) is 0 Å². The highest BCUT2D eigenvalue weighted by Gasteiger charge is 2.44. The summed E-state index contributed by atoms with van der Waals surface area (Å²) in [6.45, 7) is 4.77. The minimum absolute atomic E-state index is 0.154. The molecule has 1 heterocycles. The third-order valence-corrected chi connectivity index (χ3v) is 4.30. The van der Waals surface area contributed by atoms with Crippen molar-refractivity contribution in [3.05, 3.63) is 35.6 Å². The molecule has 0 unspecified atom stereocenters. The predicted octanol–water partition coefficient (Wildman–Crippen LogP) is 2.25. The summed E-state index contributed by atoms with van der Waals surface area (Å²) in [5.74, 6) is -0.386. The van der Waals surface area contributed by atoms with Crippen LogP contribution in [0.15, 0.2) is 24.3 Å². The summed E-state index contributed by atoms with van der Waals surface area (Å²) in [6, 6.07) is 4.90. The summed E-state index contributed by atoms with van der Waals surface area (Å²) in [6.07, 6.45) is -0.754. The number of rotatable bonds is 2. The van der Waals surface area contributed by atoms with Crippen LogP contribution in [0.3, 0.4) is 0 Å². The molecular formula is C14H18FNO5S. The van der Waals surface area contributed by atoms with Gasteiger partial charge in [-0.1, -0.05) is 12.1 Å². The Hall–Kier alpha value is -1.67. The fraction of sp³-hybridized carbons (Fsp3) is 0.500. The van der Waals surface area contributed by atoms with Crippen LogP contribution in [0.4, 0.5) is 9.18 Å². The van der Waals surface area contributed by atoms with Gasteiger partial charge in [0.2, 0.25) is 0 Å². The van der Waals surface area contributed by atoms with Crippen molar-refractivity contribution in [3.8, 4) is 0 Å². The van der Waals surface area contributed by atoms with Crippen LogP contribution in [-0.4, -0.2) is 37.1 Å². The second-order valence-corrected chi connectivity index (χ2v) is 7.49. The Morgan fingerprint density at radius 3 is 2.50 bits per heavy atom. The molecule has 0 saturated carbocycles. The second-order valence-electron chi connectivity index (χ2n) is 6.00. The lowest BCUT2D eigenvalue weighted by Gasteiger charge is -2.25. The van der Waals surface area contributed by atoms with Gasteiger partial charge in [0.05, 0.1) is 12.6 Å². The van der Waals surface area contributed by atoms with E-state index in [2.05, 4.69) is 0 Å². The number of hydrogen-bond acceptors (Lipinski definition) is 5. The molecule has 0 N–H and O–H groups in total. The lowest BCUT2D eigenvalue weighted by atomic mass is 10.1. The van der Waals surface area contributed by atoms with Crippen molar-refractivity contribution in [3.63, 3.8) is 0 Å². The number of benzene rings is 1. The van der Waals surface area contributed by atoms with Crippen molar-refractivity contribution in [2.45, 2.75) is 38.8 Å². The van der Waals surface area contributed by atoms with Crippen molar-refractivity contribution >= 4 is 16.4 Å². The fourth-order valence-corrected chi connectivity index (χ4v) is 3.22. The first kappa shape index (κ1) is 16.7.